The molecule has 0 saturated carbocycles. The van der Waals surface area contributed by atoms with Crippen LogP contribution in [0.3, 0.4) is 0 Å². The van der Waals surface area contributed by atoms with Crippen molar-refractivity contribution in [3.8, 4) is 5.75 Å². The highest BCUT2D eigenvalue weighted by atomic mass is 16.6. The Labute approximate surface area is 254 Å². The topological polar surface area (TPSA) is 168 Å². The number of non-ortho nitro benzene ring substituents is 2. The Morgan fingerprint density at radius 2 is 1.25 bits per heavy atom. The lowest BCUT2D eigenvalue weighted by Gasteiger charge is -2.28. The Kier molecular flexibility index (Phi) is 10.4. The molecule has 3 aromatic rings. The van der Waals surface area contributed by atoms with E-state index in [-0.39, 0.29) is 52.3 Å². The first-order valence-electron chi connectivity index (χ1n) is 13.8. The lowest BCUT2D eigenvalue weighted by Crippen LogP contribution is -2.30. The van der Waals surface area contributed by atoms with Gasteiger partial charge in [0, 0.05) is 24.3 Å². The summed E-state index contributed by atoms with van der Waals surface area (Å²) in [5, 5.41) is 33.3. The van der Waals surface area contributed by atoms with Gasteiger partial charge < -0.3 is 19.3 Å². The standard InChI is InChI=1S/C32H36N2O10/c1-31(2,3)26-13-20(14-27(28(26)35)32(4,5)6)17-42-18-25(44-30(37)22-10-8-12-24(16-22)34(40)41)19-43-29(36)21-9-7-11-23(15-21)33(38)39/h7-16,25,35H,17-19H2,1-6H3/t25-/m0/s1. The summed E-state index contributed by atoms with van der Waals surface area (Å²) in [4.78, 5) is 46.5. The molecule has 3 aromatic carbocycles. The molecule has 234 valence electrons. The maximum absolute atomic E-state index is 12.9. The molecule has 12 heteroatoms. The number of nitrogens with zero attached hydrogens (tertiary/aromatic N) is 2. The molecule has 0 fully saturated rings. The minimum absolute atomic E-state index is 0.0656. The summed E-state index contributed by atoms with van der Waals surface area (Å²) in [7, 11) is 0. The summed E-state index contributed by atoms with van der Waals surface area (Å²) >= 11 is 0. The van der Waals surface area contributed by atoms with E-state index in [9.17, 15) is 34.9 Å². The van der Waals surface area contributed by atoms with Crippen LogP contribution in [0, 0.1) is 20.2 Å². The van der Waals surface area contributed by atoms with Gasteiger partial charge in [0.1, 0.15) is 12.4 Å². The molecular weight excluding hydrogens is 572 g/mol. The average Bonchev–Trinajstić information content (AvgIpc) is 2.95. The fourth-order valence-electron chi connectivity index (χ4n) is 4.31. The van der Waals surface area contributed by atoms with Crippen molar-refractivity contribution in [2.24, 2.45) is 0 Å². The normalized spacial score (nSPS) is 12.3. The van der Waals surface area contributed by atoms with Gasteiger partial charge in [0.2, 0.25) is 0 Å². The number of benzene rings is 3. The third-order valence-electron chi connectivity index (χ3n) is 6.62. The van der Waals surface area contributed by atoms with Crippen LogP contribution in [-0.4, -0.2) is 46.2 Å². The summed E-state index contributed by atoms with van der Waals surface area (Å²) in [5.74, 6) is -1.57. The molecule has 0 heterocycles. The first-order chi connectivity index (χ1) is 20.5. The van der Waals surface area contributed by atoms with Gasteiger partial charge in [-0.3, -0.25) is 20.2 Å². The molecule has 0 aliphatic heterocycles. The number of hydrogen-bond donors (Lipinski definition) is 1. The SMILES string of the molecule is CC(C)(C)c1cc(COC[C@@H](COC(=O)c2cccc([N+](=O)[O-])c2)OC(=O)c2cccc([N+](=O)[O-])c2)cc(C(C)(C)C)c1O. The number of rotatable bonds is 11. The molecule has 0 bridgehead atoms. The first-order valence-corrected chi connectivity index (χ1v) is 13.8. The molecule has 0 saturated heterocycles. The Balaban J connectivity index is 1.82. The first kappa shape index (κ1) is 33.7. The van der Waals surface area contributed by atoms with Crippen LogP contribution in [-0.2, 0) is 31.6 Å². The largest absolute Gasteiger partial charge is 0.507 e. The fourth-order valence-corrected chi connectivity index (χ4v) is 4.31. The van der Waals surface area contributed by atoms with Crippen LogP contribution < -0.4 is 0 Å². The van der Waals surface area contributed by atoms with Crippen molar-refractivity contribution in [3.63, 3.8) is 0 Å². The van der Waals surface area contributed by atoms with E-state index in [1.165, 1.54) is 36.4 Å². The highest BCUT2D eigenvalue weighted by molar-refractivity contribution is 5.91. The van der Waals surface area contributed by atoms with Gasteiger partial charge in [-0.25, -0.2) is 9.59 Å². The van der Waals surface area contributed by atoms with Gasteiger partial charge in [-0.05, 0) is 51.8 Å². The predicted molar refractivity (Wildman–Crippen MR) is 161 cm³/mol. The number of carbonyl (C=O) groups excluding carboxylic acids is 2. The van der Waals surface area contributed by atoms with E-state index in [4.69, 9.17) is 14.2 Å². The van der Waals surface area contributed by atoms with Crippen LogP contribution in [0.1, 0.15) is 78.9 Å². The van der Waals surface area contributed by atoms with E-state index in [1.807, 2.05) is 53.7 Å². The minimum Gasteiger partial charge on any atom is -0.507 e. The number of carbonyl (C=O) groups is 2. The summed E-state index contributed by atoms with van der Waals surface area (Å²) < 4.78 is 16.7. The zero-order chi connectivity index (χ0) is 32.8. The molecule has 0 aliphatic rings. The molecule has 0 amide bonds. The van der Waals surface area contributed by atoms with Crippen LogP contribution in [0.15, 0.2) is 60.7 Å². The number of phenolic OH excluding ortho intramolecular Hbond substituents is 1. The monoisotopic (exact) mass is 608 g/mol. The summed E-state index contributed by atoms with van der Waals surface area (Å²) in [5.41, 5.74) is 0.750. The fraction of sp³-hybridized carbons (Fsp3) is 0.375. The summed E-state index contributed by atoms with van der Waals surface area (Å²) in [6, 6.07) is 13.7. The second-order valence-corrected chi connectivity index (χ2v) is 12.3. The van der Waals surface area contributed by atoms with Gasteiger partial charge >= 0.3 is 11.9 Å². The van der Waals surface area contributed by atoms with Crippen LogP contribution in [0.25, 0.3) is 0 Å². The average molecular weight is 609 g/mol. The van der Waals surface area contributed by atoms with Gasteiger partial charge in [0.05, 0.1) is 34.2 Å². The molecule has 12 nitrogen and oxygen atoms in total. The van der Waals surface area contributed by atoms with Gasteiger partial charge in [0.25, 0.3) is 11.4 Å². The van der Waals surface area contributed by atoms with E-state index < -0.39 is 34.5 Å². The van der Waals surface area contributed by atoms with Crippen molar-refractivity contribution < 1.29 is 38.8 Å². The minimum atomic E-state index is -1.13. The molecule has 0 aliphatic carbocycles. The van der Waals surface area contributed by atoms with E-state index >= 15 is 0 Å². The van der Waals surface area contributed by atoms with Crippen molar-refractivity contribution in [2.45, 2.75) is 65.1 Å². The van der Waals surface area contributed by atoms with Crippen molar-refractivity contribution in [1.29, 1.82) is 0 Å². The smallest absolute Gasteiger partial charge is 0.338 e. The van der Waals surface area contributed by atoms with E-state index in [0.29, 0.717) is 0 Å². The zero-order valence-electron chi connectivity index (χ0n) is 25.5. The third kappa shape index (κ3) is 8.83. The van der Waals surface area contributed by atoms with Gasteiger partial charge in [0.15, 0.2) is 6.10 Å². The van der Waals surface area contributed by atoms with Crippen molar-refractivity contribution in [1.82, 2.24) is 0 Å². The molecule has 0 radical (unpaired) electrons. The van der Waals surface area contributed by atoms with Crippen molar-refractivity contribution in [3.05, 3.63) is 109 Å². The molecule has 44 heavy (non-hydrogen) atoms. The number of aromatic hydroxyl groups is 1. The van der Waals surface area contributed by atoms with Crippen LogP contribution in [0.5, 0.6) is 5.75 Å². The van der Waals surface area contributed by atoms with E-state index in [0.717, 1.165) is 28.8 Å². The number of nitro benzene ring substituents is 2. The Hall–Kier alpha value is -4.84. The van der Waals surface area contributed by atoms with Gasteiger partial charge in [-0.1, -0.05) is 53.7 Å². The van der Waals surface area contributed by atoms with E-state index in [1.54, 1.807) is 0 Å². The lowest BCUT2D eigenvalue weighted by molar-refractivity contribution is -0.385. The van der Waals surface area contributed by atoms with Crippen LogP contribution in [0.4, 0.5) is 11.4 Å². The molecule has 0 spiro atoms. The number of hydrogen-bond acceptors (Lipinski definition) is 10. The Bertz CT molecular complexity index is 1520. The number of phenols is 1. The molecule has 0 unspecified atom stereocenters. The predicted octanol–water partition coefficient (Wildman–Crippen LogP) is 6.40. The number of esters is 2. The molecule has 3 rings (SSSR count). The molecule has 1 atom stereocenters. The third-order valence-corrected chi connectivity index (χ3v) is 6.62. The van der Waals surface area contributed by atoms with Crippen LogP contribution >= 0.6 is 0 Å². The summed E-state index contributed by atoms with van der Waals surface area (Å²) in [6.45, 7) is 11.3. The maximum Gasteiger partial charge on any atom is 0.338 e. The van der Waals surface area contributed by atoms with Crippen LogP contribution in [0.2, 0.25) is 0 Å². The molecular formula is C32H36N2O10. The highest BCUT2D eigenvalue weighted by Crippen LogP contribution is 2.40. The summed E-state index contributed by atoms with van der Waals surface area (Å²) in [6.07, 6.45) is -1.13. The number of ether oxygens (including phenoxy) is 3. The van der Waals surface area contributed by atoms with Crippen molar-refractivity contribution in [2.75, 3.05) is 13.2 Å². The number of nitro groups is 2. The zero-order valence-corrected chi connectivity index (χ0v) is 25.5. The molecule has 0 aromatic heterocycles. The second kappa shape index (κ2) is 13.6. The maximum atomic E-state index is 12.9. The van der Waals surface area contributed by atoms with Gasteiger partial charge in [-0.2, -0.15) is 0 Å². The highest BCUT2D eigenvalue weighted by Gasteiger charge is 2.27. The molecule has 1 N–H and O–H groups in total. The Morgan fingerprint density at radius 1 is 0.773 bits per heavy atom. The van der Waals surface area contributed by atoms with Crippen molar-refractivity contribution >= 4 is 23.3 Å². The quantitative estimate of drug-likeness (QED) is 0.146. The van der Waals surface area contributed by atoms with Gasteiger partial charge in [-0.15, -0.1) is 0 Å². The van der Waals surface area contributed by atoms with E-state index in [2.05, 4.69) is 0 Å². The lowest BCUT2D eigenvalue weighted by atomic mass is 9.78. The second-order valence-electron chi connectivity index (χ2n) is 12.3. The Morgan fingerprint density at radius 3 is 1.70 bits per heavy atom.